The normalized spacial score (nSPS) is 12.5. The maximum Gasteiger partial charge on any atom is 0.407 e. The number of hydrogen-bond donors (Lipinski definition) is 2. The van der Waals surface area contributed by atoms with Crippen molar-refractivity contribution in [2.45, 2.75) is 18.5 Å². The molecule has 1 aliphatic rings. The second kappa shape index (κ2) is 14.5. The quantitative estimate of drug-likeness (QED) is 0.149. The zero-order chi connectivity index (χ0) is 34.6. The van der Waals surface area contributed by atoms with Gasteiger partial charge in [-0.1, -0.05) is 96.0 Å². The zero-order valence-electron chi connectivity index (χ0n) is 27.0. The number of methoxy groups -OCH3 is 1. The predicted molar refractivity (Wildman–Crippen MR) is 194 cm³/mol. The number of rotatable bonds is 10. The van der Waals surface area contributed by atoms with Crippen LogP contribution in [-0.4, -0.2) is 35.5 Å². The largest absolute Gasteiger partial charge is 0.496 e. The number of carbonyl (C=O) groups excluding carboxylic acids is 2. The van der Waals surface area contributed by atoms with Gasteiger partial charge in [-0.3, -0.25) is 4.79 Å². The minimum atomic E-state index is -0.592. The molecule has 0 saturated carbocycles. The fourth-order valence-corrected chi connectivity index (χ4v) is 6.66. The highest BCUT2D eigenvalue weighted by molar-refractivity contribution is 6.31. The van der Waals surface area contributed by atoms with Crippen molar-refractivity contribution in [1.29, 1.82) is 0 Å². The molecule has 0 fully saturated rings. The van der Waals surface area contributed by atoms with Crippen LogP contribution in [0.5, 0.6) is 5.75 Å². The second-order valence-electron chi connectivity index (χ2n) is 11.8. The molecule has 50 heavy (non-hydrogen) atoms. The summed E-state index contributed by atoms with van der Waals surface area (Å²) >= 11 is 12.5. The first-order valence-corrected chi connectivity index (χ1v) is 16.8. The Morgan fingerprint density at radius 1 is 0.820 bits per heavy atom. The van der Waals surface area contributed by atoms with Crippen LogP contribution in [0.25, 0.3) is 16.8 Å². The third-order valence-corrected chi connectivity index (χ3v) is 9.25. The number of alkyl carbamates (subject to hydrolysis) is 1. The SMILES string of the molecule is COc1ccc(Cl)cc1C(NC(=O)c1ccn(-c2cccc(CNC(=O)OCC3c4ccccc4-c4ccccc43)c2)n1)c1ccc(Cl)cc1. The fraction of sp³-hybridized carbons (Fsp3) is 0.125. The molecule has 2 N–H and O–H groups in total. The summed E-state index contributed by atoms with van der Waals surface area (Å²) in [5.41, 5.74) is 7.93. The van der Waals surface area contributed by atoms with E-state index in [0.717, 1.165) is 27.9 Å². The minimum Gasteiger partial charge on any atom is -0.496 e. The van der Waals surface area contributed by atoms with Crippen LogP contribution < -0.4 is 15.4 Å². The van der Waals surface area contributed by atoms with Crippen molar-refractivity contribution < 1.29 is 19.1 Å². The van der Waals surface area contributed by atoms with Crippen molar-refractivity contribution in [3.05, 3.63) is 171 Å². The number of halogens is 2. The number of amides is 2. The zero-order valence-corrected chi connectivity index (χ0v) is 28.5. The second-order valence-corrected chi connectivity index (χ2v) is 12.7. The van der Waals surface area contributed by atoms with Gasteiger partial charge in [-0.05, 0) is 81.9 Å². The maximum absolute atomic E-state index is 13.6. The van der Waals surface area contributed by atoms with Gasteiger partial charge in [0.2, 0.25) is 0 Å². The molecular formula is C40H32Cl2N4O4. The summed E-state index contributed by atoms with van der Waals surface area (Å²) in [5, 5.41) is 11.6. The van der Waals surface area contributed by atoms with Gasteiger partial charge in [0, 0.05) is 34.3 Å². The molecule has 0 radical (unpaired) electrons. The van der Waals surface area contributed by atoms with E-state index in [4.69, 9.17) is 32.7 Å². The Hall–Kier alpha value is -5.57. The van der Waals surface area contributed by atoms with Crippen LogP contribution in [0.1, 0.15) is 50.3 Å². The van der Waals surface area contributed by atoms with Crippen LogP contribution in [0.4, 0.5) is 4.79 Å². The number of ether oxygens (including phenoxy) is 2. The standard InChI is InChI=1S/C40H32Cl2N4O4/c1-49-37-18-17-28(42)22-34(37)38(26-13-15-27(41)16-14-26)44-39(47)36-19-20-46(45-36)29-8-6-7-25(21-29)23-43-40(48)50-24-35-32-11-4-2-9-30(32)31-10-3-5-12-33(31)35/h2-22,35,38H,23-24H2,1H3,(H,43,48)(H,44,47). The molecular weight excluding hydrogens is 671 g/mol. The first-order valence-electron chi connectivity index (χ1n) is 16.0. The molecule has 1 aliphatic carbocycles. The molecule has 1 aromatic heterocycles. The molecule has 1 atom stereocenters. The number of carbonyl (C=O) groups is 2. The van der Waals surface area contributed by atoms with Crippen LogP contribution in [-0.2, 0) is 11.3 Å². The molecule has 2 amide bonds. The van der Waals surface area contributed by atoms with Crippen molar-refractivity contribution in [1.82, 2.24) is 20.4 Å². The summed E-state index contributed by atoms with van der Waals surface area (Å²) in [6.07, 6.45) is 1.21. The van der Waals surface area contributed by atoms with E-state index >= 15 is 0 Å². The van der Waals surface area contributed by atoms with Crippen molar-refractivity contribution in [2.24, 2.45) is 0 Å². The monoisotopic (exact) mass is 702 g/mol. The molecule has 8 nitrogen and oxygen atoms in total. The number of aromatic nitrogens is 2. The first-order chi connectivity index (χ1) is 24.4. The van der Waals surface area contributed by atoms with E-state index in [9.17, 15) is 9.59 Å². The van der Waals surface area contributed by atoms with E-state index in [1.807, 2.05) is 60.7 Å². The smallest absolute Gasteiger partial charge is 0.407 e. The van der Waals surface area contributed by atoms with Gasteiger partial charge in [-0.25, -0.2) is 9.48 Å². The van der Waals surface area contributed by atoms with Gasteiger partial charge in [0.15, 0.2) is 5.69 Å². The summed E-state index contributed by atoms with van der Waals surface area (Å²) in [6, 6.07) is 37.5. The molecule has 250 valence electrons. The third kappa shape index (κ3) is 6.94. The molecule has 6 aromatic rings. The Bertz CT molecular complexity index is 2140. The summed E-state index contributed by atoms with van der Waals surface area (Å²) in [5.74, 6) is 0.166. The van der Waals surface area contributed by atoms with E-state index in [0.29, 0.717) is 21.4 Å². The number of hydrogen-bond acceptors (Lipinski definition) is 5. The van der Waals surface area contributed by atoms with Crippen LogP contribution >= 0.6 is 23.2 Å². The topological polar surface area (TPSA) is 94.5 Å². The Balaban J connectivity index is 1.01. The first kappa shape index (κ1) is 33.0. The molecule has 10 heteroatoms. The van der Waals surface area contributed by atoms with Crippen LogP contribution in [0, 0.1) is 0 Å². The highest BCUT2D eigenvalue weighted by atomic mass is 35.5. The van der Waals surface area contributed by atoms with Gasteiger partial charge in [-0.15, -0.1) is 0 Å². The lowest BCUT2D eigenvalue weighted by Crippen LogP contribution is -2.30. The number of benzene rings is 5. The number of nitrogens with zero attached hydrogens (tertiary/aromatic N) is 2. The van der Waals surface area contributed by atoms with Crippen molar-refractivity contribution >= 4 is 35.2 Å². The Labute approximate surface area is 299 Å². The molecule has 7 rings (SSSR count). The van der Waals surface area contributed by atoms with E-state index in [2.05, 4.69) is 40.0 Å². The van der Waals surface area contributed by atoms with Gasteiger partial charge in [-0.2, -0.15) is 5.10 Å². The molecule has 5 aromatic carbocycles. The van der Waals surface area contributed by atoms with Crippen LogP contribution in [0.15, 0.2) is 128 Å². The van der Waals surface area contributed by atoms with Crippen molar-refractivity contribution in [2.75, 3.05) is 13.7 Å². The summed E-state index contributed by atoms with van der Waals surface area (Å²) < 4.78 is 12.9. The summed E-state index contributed by atoms with van der Waals surface area (Å²) in [7, 11) is 1.57. The number of fused-ring (bicyclic) bond motifs is 3. The van der Waals surface area contributed by atoms with Crippen LogP contribution in [0.2, 0.25) is 10.0 Å². The van der Waals surface area contributed by atoms with Crippen LogP contribution in [0.3, 0.4) is 0 Å². The van der Waals surface area contributed by atoms with Crippen molar-refractivity contribution in [3.63, 3.8) is 0 Å². The van der Waals surface area contributed by atoms with Gasteiger partial charge in [0.1, 0.15) is 12.4 Å². The molecule has 0 spiro atoms. The average molecular weight is 704 g/mol. The Morgan fingerprint density at radius 2 is 1.52 bits per heavy atom. The maximum atomic E-state index is 13.6. The average Bonchev–Trinajstić information content (AvgIpc) is 3.77. The highest BCUT2D eigenvalue weighted by Gasteiger charge is 2.29. The molecule has 1 heterocycles. The van der Waals surface area contributed by atoms with E-state index in [-0.39, 0.29) is 30.7 Å². The minimum absolute atomic E-state index is 0.0170. The van der Waals surface area contributed by atoms with Gasteiger partial charge in [0.25, 0.3) is 5.91 Å². The molecule has 1 unspecified atom stereocenters. The van der Waals surface area contributed by atoms with Gasteiger partial charge < -0.3 is 20.1 Å². The Kier molecular flexibility index (Phi) is 9.56. The predicted octanol–water partition coefficient (Wildman–Crippen LogP) is 8.75. The summed E-state index contributed by atoms with van der Waals surface area (Å²) in [4.78, 5) is 26.4. The fourth-order valence-electron chi connectivity index (χ4n) is 6.35. The van der Waals surface area contributed by atoms with E-state index < -0.39 is 12.1 Å². The van der Waals surface area contributed by atoms with E-state index in [1.54, 1.807) is 54.4 Å². The Morgan fingerprint density at radius 3 is 2.24 bits per heavy atom. The molecule has 0 bridgehead atoms. The number of nitrogens with one attached hydrogen (secondary N) is 2. The summed E-state index contributed by atoms with van der Waals surface area (Å²) in [6.45, 7) is 0.490. The van der Waals surface area contributed by atoms with Crippen molar-refractivity contribution in [3.8, 4) is 22.6 Å². The lowest BCUT2D eigenvalue weighted by Gasteiger charge is -2.22. The lowest BCUT2D eigenvalue weighted by atomic mass is 9.97. The highest BCUT2D eigenvalue weighted by Crippen LogP contribution is 2.44. The molecule has 0 aliphatic heterocycles. The third-order valence-electron chi connectivity index (χ3n) is 8.76. The van der Waals surface area contributed by atoms with Gasteiger partial charge >= 0.3 is 6.09 Å². The lowest BCUT2D eigenvalue weighted by molar-refractivity contribution is 0.0937. The molecule has 0 saturated heterocycles. The van der Waals surface area contributed by atoms with E-state index in [1.165, 1.54) is 11.1 Å². The van der Waals surface area contributed by atoms with Gasteiger partial charge in [0.05, 0.1) is 18.8 Å².